The van der Waals surface area contributed by atoms with Crippen LogP contribution in [0.15, 0.2) is 17.5 Å². The Bertz CT molecular complexity index is 550. The van der Waals surface area contributed by atoms with Crippen LogP contribution in [0.1, 0.15) is 36.0 Å². The summed E-state index contributed by atoms with van der Waals surface area (Å²) in [6.07, 6.45) is 0. The molecular formula is C13H19N5S. The third-order valence-corrected chi connectivity index (χ3v) is 3.83. The third-order valence-electron chi connectivity index (χ3n) is 2.81. The van der Waals surface area contributed by atoms with Crippen LogP contribution in [0, 0.1) is 6.92 Å². The van der Waals surface area contributed by atoms with Crippen LogP contribution in [-0.2, 0) is 6.54 Å². The number of aryl methyl sites for hydroxylation is 1. The van der Waals surface area contributed by atoms with Gasteiger partial charge in [-0.15, -0.1) is 11.3 Å². The maximum Gasteiger partial charge on any atom is 0.145 e. The van der Waals surface area contributed by atoms with Crippen molar-refractivity contribution in [3.8, 4) is 0 Å². The molecule has 2 heterocycles. The van der Waals surface area contributed by atoms with Gasteiger partial charge in [-0.2, -0.15) is 0 Å². The van der Waals surface area contributed by atoms with Gasteiger partial charge in [0.05, 0.1) is 6.54 Å². The van der Waals surface area contributed by atoms with Crippen LogP contribution in [0.25, 0.3) is 0 Å². The summed E-state index contributed by atoms with van der Waals surface area (Å²) >= 11 is 1.74. The first-order valence-corrected chi connectivity index (χ1v) is 7.10. The van der Waals surface area contributed by atoms with Gasteiger partial charge in [-0.1, -0.05) is 13.8 Å². The van der Waals surface area contributed by atoms with Crippen molar-refractivity contribution in [2.75, 3.05) is 10.7 Å². The molecule has 0 spiro atoms. The van der Waals surface area contributed by atoms with Crippen molar-refractivity contribution in [2.24, 2.45) is 5.84 Å². The molecule has 0 aliphatic rings. The van der Waals surface area contributed by atoms with Gasteiger partial charge in [-0.25, -0.2) is 15.8 Å². The summed E-state index contributed by atoms with van der Waals surface area (Å²) in [7, 11) is 0. The summed E-state index contributed by atoms with van der Waals surface area (Å²) in [4.78, 5) is 10.1. The topological polar surface area (TPSA) is 75.9 Å². The third kappa shape index (κ3) is 3.42. The fraction of sp³-hybridized carbons (Fsp3) is 0.385. The maximum atomic E-state index is 5.44. The second kappa shape index (κ2) is 5.99. The van der Waals surface area contributed by atoms with E-state index in [9.17, 15) is 0 Å². The molecule has 0 aromatic carbocycles. The van der Waals surface area contributed by atoms with E-state index in [0.717, 1.165) is 18.2 Å². The molecule has 0 aliphatic heterocycles. The Morgan fingerprint density at radius 1 is 1.32 bits per heavy atom. The van der Waals surface area contributed by atoms with Crippen molar-refractivity contribution < 1.29 is 0 Å². The summed E-state index contributed by atoms with van der Waals surface area (Å²) in [5, 5.41) is 5.42. The van der Waals surface area contributed by atoms with Crippen molar-refractivity contribution in [3.05, 3.63) is 33.8 Å². The van der Waals surface area contributed by atoms with Gasteiger partial charge in [-0.05, 0) is 23.9 Å². The average molecular weight is 277 g/mol. The van der Waals surface area contributed by atoms with E-state index >= 15 is 0 Å². The first-order valence-electron chi connectivity index (χ1n) is 6.22. The van der Waals surface area contributed by atoms with Crippen molar-refractivity contribution in [3.63, 3.8) is 0 Å². The van der Waals surface area contributed by atoms with E-state index < -0.39 is 0 Å². The van der Waals surface area contributed by atoms with Gasteiger partial charge in [0.1, 0.15) is 17.5 Å². The number of nitrogens with two attached hydrogens (primary N) is 1. The zero-order valence-corrected chi connectivity index (χ0v) is 12.2. The van der Waals surface area contributed by atoms with Crippen LogP contribution in [0.2, 0.25) is 0 Å². The highest BCUT2D eigenvalue weighted by Crippen LogP contribution is 2.19. The molecule has 0 saturated carbocycles. The summed E-state index contributed by atoms with van der Waals surface area (Å²) in [6, 6.07) is 3.93. The molecule has 2 aromatic heterocycles. The summed E-state index contributed by atoms with van der Waals surface area (Å²) in [6.45, 7) is 6.99. The Morgan fingerprint density at radius 3 is 2.63 bits per heavy atom. The summed E-state index contributed by atoms with van der Waals surface area (Å²) in [5.41, 5.74) is 3.88. The number of hydrogen-bond acceptors (Lipinski definition) is 6. The molecule has 0 amide bonds. The number of nitrogen functional groups attached to an aromatic ring is 1. The van der Waals surface area contributed by atoms with Crippen LogP contribution >= 0.6 is 11.3 Å². The number of hydrogen-bond donors (Lipinski definition) is 3. The number of anilines is 2. The lowest BCUT2D eigenvalue weighted by Gasteiger charge is -2.11. The number of aromatic nitrogens is 2. The molecule has 5 nitrogen and oxygen atoms in total. The lowest BCUT2D eigenvalue weighted by molar-refractivity contribution is 0.775. The van der Waals surface area contributed by atoms with Crippen molar-refractivity contribution in [1.29, 1.82) is 0 Å². The molecule has 4 N–H and O–H groups in total. The predicted octanol–water partition coefficient (Wildman–Crippen LogP) is 2.87. The fourth-order valence-electron chi connectivity index (χ4n) is 1.64. The second-order valence-corrected chi connectivity index (χ2v) is 5.68. The van der Waals surface area contributed by atoms with Crippen LogP contribution in [-0.4, -0.2) is 9.97 Å². The van der Waals surface area contributed by atoms with E-state index in [0.29, 0.717) is 5.82 Å². The van der Waals surface area contributed by atoms with Gasteiger partial charge in [0.25, 0.3) is 0 Å². The molecule has 102 valence electrons. The molecule has 2 aromatic rings. The minimum atomic E-state index is 0.261. The Labute approximate surface area is 117 Å². The minimum absolute atomic E-state index is 0.261. The molecular weight excluding hydrogens is 258 g/mol. The number of rotatable bonds is 5. The highest BCUT2D eigenvalue weighted by Gasteiger charge is 2.08. The molecule has 0 atom stereocenters. The Morgan fingerprint density at radius 2 is 2.05 bits per heavy atom. The van der Waals surface area contributed by atoms with Gasteiger partial charge in [0, 0.05) is 16.9 Å². The van der Waals surface area contributed by atoms with Gasteiger partial charge in [0.2, 0.25) is 0 Å². The largest absolute Gasteiger partial charge is 0.365 e. The molecule has 0 unspecified atom stereocenters. The first-order chi connectivity index (χ1) is 9.10. The van der Waals surface area contributed by atoms with Gasteiger partial charge in [0.15, 0.2) is 0 Å². The Kier molecular flexibility index (Phi) is 4.34. The van der Waals surface area contributed by atoms with Crippen LogP contribution in [0.3, 0.4) is 0 Å². The molecule has 0 bridgehead atoms. The van der Waals surface area contributed by atoms with Crippen LogP contribution in [0.5, 0.6) is 0 Å². The molecule has 0 aliphatic carbocycles. The average Bonchev–Trinajstić information content (AvgIpc) is 2.81. The second-order valence-electron chi connectivity index (χ2n) is 4.68. The predicted molar refractivity (Wildman–Crippen MR) is 80.3 cm³/mol. The molecule has 0 saturated heterocycles. The molecule has 2 rings (SSSR count). The standard InChI is InChI=1S/C13H19N5S/c1-8(2)13-16-11(6-12(17-13)18-14)15-7-10-9(3)4-5-19-10/h4-6,8H,7,14H2,1-3H3,(H2,15,16,17,18). The summed E-state index contributed by atoms with van der Waals surface area (Å²) in [5.74, 6) is 7.90. The quantitative estimate of drug-likeness (QED) is 0.579. The maximum absolute atomic E-state index is 5.44. The highest BCUT2D eigenvalue weighted by atomic mass is 32.1. The van der Waals surface area contributed by atoms with E-state index in [-0.39, 0.29) is 5.92 Å². The molecule has 0 fully saturated rings. The lowest BCUT2D eigenvalue weighted by Crippen LogP contribution is -2.12. The Hall–Kier alpha value is -1.66. The number of nitrogens with zero attached hydrogens (tertiary/aromatic N) is 2. The van der Waals surface area contributed by atoms with E-state index in [1.165, 1.54) is 10.4 Å². The molecule has 19 heavy (non-hydrogen) atoms. The van der Waals surface area contributed by atoms with Gasteiger partial charge in [-0.3, -0.25) is 0 Å². The zero-order chi connectivity index (χ0) is 13.8. The lowest BCUT2D eigenvalue weighted by atomic mass is 10.2. The molecule has 6 heteroatoms. The normalized spacial score (nSPS) is 10.8. The molecule has 0 radical (unpaired) electrons. The number of hydrazine groups is 1. The highest BCUT2D eigenvalue weighted by molar-refractivity contribution is 7.10. The van der Waals surface area contributed by atoms with E-state index in [2.05, 4.69) is 52.9 Å². The Balaban J connectivity index is 2.15. The monoisotopic (exact) mass is 277 g/mol. The first kappa shape index (κ1) is 13.8. The van der Waals surface area contributed by atoms with Crippen molar-refractivity contribution in [2.45, 2.75) is 33.2 Å². The van der Waals surface area contributed by atoms with Crippen molar-refractivity contribution >= 4 is 23.0 Å². The van der Waals surface area contributed by atoms with Crippen molar-refractivity contribution in [1.82, 2.24) is 9.97 Å². The van der Waals surface area contributed by atoms with Gasteiger partial charge >= 0.3 is 0 Å². The minimum Gasteiger partial charge on any atom is -0.365 e. The van der Waals surface area contributed by atoms with E-state index in [1.54, 1.807) is 11.3 Å². The van der Waals surface area contributed by atoms with Crippen LogP contribution in [0.4, 0.5) is 11.6 Å². The number of nitrogens with one attached hydrogen (secondary N) is 2. The smallest absolute Gasteiger partial charge is 0.145 e. The van der Waals surface area contributed by atoms with E-state index in [1.807, 2.05) is 6.07 Å². The van der Waals surface area contributed by atoms with E-state index in [4.69, 9.17) is 5.84 Å². The zero-order valence-electron chi connectivity index (χ0n) is 11.4. The SMILES string of the molecule is Cc1ccsc1CNc1cc(NN)nc(C(C)C)n1. The van der Waals surface area contributed by atoms with Gasteiger partial charge < -0.3 is 10.7 Å². The fourth-order valence-corrected chi connectivity index (χ4v) is 2.49. The summed E-state index contributed by atoms with van der Waals surface area (Å²) < 4.78 is 0. The van der Waals surface area contributed by atoms with Crippen LogP contribution < -0.4 is 16.6 Å². The number of thiophene rings is 1.